The van der Waals surface area contributed by atoms with Crippen LogP contribution in [0.4, 0.5) is 17.2 Å². The highest BCUT2D eigenvalue weighted by molar-refractivity contribution is 5.64. The Bertz CT molecular complexity index is 541. The molecule has 0 atom stereocenters. The minimum Gasteiger partial charge on any atom is -0.358 e. The van der Waals surface area contributed by atoms with E-state index in [0.717, 1.165) is 10.8 Å². The molecule has 10 heteroatoms. The summed E-state index contributed by atoms with van der Waals surface area (Å²) in [7, 11) is 0. The number of rotatable bonds is 3. The summed E-state index contributed by atoms with van der Waals surface area (Å²) >= 11 is 0. The summed E-state index contributed by atoms with van der Waals surface area (Å²) in [6, 6.07) is 0. The fourth-order valence-corrected chi connectivity index (χ4v) is 1.47. The summed E-state index contributed by atoms with van der Waals surface area (Å²) in [5.74, 6) is -0.890. The molecule has 0 aromatic carbocycles. The monoisotopic (exact) mass is 258 g/mol. The molecular weight excluding hydrogens is 248 g/mol. The highest BCUT2D eigenvalue weighted by Gasteiger charge is 2.45. The molecule has 98 valence electrons. The van der Waals surface area contributed by atoms with Crippen molar-refractivity contribution in [1.29, 1.82) is 0 Å². The van der Waals surface area contributed by atoms with Gasteiger partial charge in [0.25, 0.3) is 0 Å². The SMILES string of the molecule is CC(C)(C)n1cc([N+](=O)[O-])c([N+](=O)[O-])c1[N+](=O)[O-]. The molecule has 0 saturated heterocycles. The average Bonchev–Trinajstić information content (AvgIpc) is 2.55. The zero-order valence-corrected chi connectivity index (χ0v) is 9.82. The molecule has 1 aromatic heterocycles. The normalized spacial score (nSPS) is 11.3. The maximum Gasteiger partial charge on any atom is 0.441 e. The molecule has 10 nitrogen and oxygen atoms in total. The smallest absolute Gasteiger partial charge is 0.358 e. The van der Waals surface area contributed by atoms with Crippen LogP contribution in [-0.2, 0) is 5.54 Å². The van der Waals surface area contributed by atoms with Crippen molar-refractivity contribution in [3.05, 3.63) is 36.5 Å². The van der Waals surface area contributed by atoms with Crippen molar-refractivity contribution < 1.29 is 14.8 Å². The van der Waals surface area contributed by atoms with Crippen LogP contribution in [0.2, 0.25) is 0 Å². The Balaban J connectivity index is 3.76. The maximum absolute atomic E-state index is 10.9. The number of nitro groups is 3. The van der Waals surface area contributed by atoms with Crippen LogP contribution >= 0.6 is 0 Å². The van der Waals surface area contributed by atoms with Gasteiger partial charge in [-0.25, -0.2) is 4.57 Å². The van der Waals surface area contributed by atoms with E-state index in [9.17, 15) is 30.3 Å². The van der Waals surface area contributed by atoms with Crippen molar-refractivity contribution in [3.63, 3.8) is 0 Å². The molecule has 0 amide bonds. The first-order valence-corrected chi connectivity index (χ1v) is 4.76. The van der Waals surface area contributed by atoms with Gasteiger partial charge in [-0.1, -0.05) is 0 Å². The summed E-state index contributed by atoms with van der Waals surface area (Å²) in [6.45, 7) is 4.65. The van der Waals surface area contributed by atoms with E-state index in [2.05, 4.69) is 0 Å². The van der Waals surface area contributed by atoms with E-state index in [0.29, 0.717) is 0 Å². The van der Waals surface area contributed by atoms with Gasteiger partial charge in [0.05, 0.1) is 9.85 Å². The van der Waals surface area contributed by atoms with Gasteiger partial charge in [-0.05, 0) is 25.7 Å². The van der Waals surface area contributed by atoms with Gasteiger partial charge in [0.2, 0.25) is 0 Å². The van der Waals surface area contributed by atoms with E-state index in [4.69, 9.17) is 0 Å². The van der Waals surface area contributed by atoms with Gasteiger partial charge in [-0.3, -0.25) is 20.2 Å². The van der Waals surface area contributed by atoms with Crippen LogP contribution in [0.15, 0.2) is 6.20 Å². The van der Waals surface area contributed by atoms with Gasteiger partial charge in [0, 0.05) is 0 Å². The lowest BCUT2D eigenvalue weighted by Gasteiger charge is -2.15. The lowest BCUT2D eigenvalue weighted by molar-refractivity contribution is -0.441. The highest BCUT2D eigenvalue weighted by atomic mass is 16.6. The Hall–Kier alpha value is -2.52. The van der Waals surface area contributed by atoms with Gasteiger partial charge in [-0.15, -0.1) is 0 Å². The Morgan fingerprint density at radius 2 is 1.50 bits per heavy atom. The lowest BCUT2D eigenvalue weighted by atomic mass is 10.1. The van der Waals surface area contributed by atoms with Crippen LogP contribution in [-0.4, -0.2) is 19.3 Å². The molecular formula is C8H10N4O6. The first-order chi connectivity index (χ1) is 8.07. The van der Waals surface area contributed by atoms with E-state index in [1.54, 1.807) is 20.8 Å². The van der Waals surface area contributed by atoms with Gasteiger partial charge < -0.3 is 10.1 Å². The molecule has 1 aromatic rings. The lowest BCUT2D eigenvalue weighted by Crippen LogP contribution is -2.22. The van der Waals surface area contributed by atoms with Gasteiger partial charge >= 0.3 is 17.2 Å². The number of aromatic nitrogens is 1. The molecule has 0 spiro atoms. The zero-order valence-electron chi connectivity index (χ0n) is 9.82. The molecule has 0 aliphatic rings. The van der Waals surface area contributed by atoms with E-state index in [-0.39, 0.29) is 0 Å². The van der Waals surface area contributed by atoms with Crippen LogP contribution < -0.4 is 0 Å². The molecule has 0 saturated carbocycles. The molecule has 1 rings (SSSR count). The molecule has 1 heterocycles. The van der Waals surface area contributed by atoms with Crippen LogP contribution in [0, 0.1) is 30.3 Å². The molecule has 0 fully saturated rings. The van der Waals surface area contributed by atoms with Crippen molar-refractivity contribution in [3.8, 4) is 0 Å². The average molecular weight is 258 g/mol. The quantitative estimate of drug-likeness (QED) is 0.600. The second-order valence-corrected chi connectivity index (χ2v) is 4.50. The van der Waals surface area contributed by atoms with E-state index >= 15 is 0 Å². The fourth-order valence-electron chi connectivity index (χ4n) is 1.47. The number of hydrogen-bond donors (Lipinski definition) is 0. The van der Waals surface area contributed by atoms with E-state index in [1.165, 1.54) is 0 Å². The number of hydrogen-bond acceptors (Lipinski definition) is 6. The Labute approximate surface area is 100 Å². The van der Waals surface area contributed by atoms with Crippen molar-refractivity contribution in [2.24, 2.45) is 0 Å². The molecule has 0 aliphatic heterocycles. The first kappa shape index (κ1) is 13.5. The predicted octanol–water partition coefficient (Wildman–Crippen LogP) is 1.97. The summed E-state index contributed by atoms with van der Waals surface area (Å²) in [6.07, 6.45) is 0.816. The Morgan fingerprint density at radius 1 is 1.00 bits per heavy atom. The summed E-state index contributed by atoms with van der Waals surface area (Å²) < 4.78 is 0.920. The van der Waals surface area contributed by atoms with Crippen molar-refractivity contribution in [2.75, 3.05) is 0 Å². The minimum absolute atomic E-state index is 0.816. The first-order valence-electron chi connectivity index (χ1n) is 4.76. The highest BCUT2D eigenvalue weighted by Crippen LogP contribution is 2.41. The van der Waals surface area contributed by atoms with Crippen molar-refractivity contribution in [1.82, 2.24) is 4.57 Å². The minimum atomic E-state index is -1.11. The zero-order chi connectivity index (χ0) is 14.2. The molecule has 0 bridgehead atoms. The summed E-state index contributed by atoms with van der Waals surface area (Å²) in [5, 5.41) is 32.4. The molecule has 0 radical (unpaired) electrons. The van der Waals surface area contributed by atoms with Crippen LogP contribution in [0.3, 0.4) is 0 Å². The van der Waals surface area contributed by atoms with Crippen molar-refractivity contribution in [2.45, 2.75) is 26.3 Å². The molecule has 0 unspecified atom stereocenters. The van der Waals surface area contributed by atoms with Gasteiger partial charge in [0.15, 0.2) is 6.20 Å². The van der Waals surface area contributed by atoms with Gasteiger partial charge in [-0.2, -0.15) is 0 Å². The topological polar surface area (TPSA) is 134 Å². The second-order valence-electron chi connectivity index (χ2n) is 4.50. The third-order valence-electron chi connectivity index (χ3n) is 2.21. The largest absolute Gasteiger partial charge is 0.441 e. The van der Waals surface area contributed by atoms with Crippen molar-refractivity contribution >= 4 is 17.2 Å². The van der Waals surface area contributed by atoms with Gasteiger partial charge in [0.1, 0.15) is 5.54 Å². The third-order valence-corrected chi connectivity index (χ3v) is 2.21. The molecule has 0 N–H and O–H groups in total. The van der Waals surface area contributed by atoms with Crippen LogP contribution in [0.1, 0.15) is 20.8 Å². The van der Waals surface area contributed by atoms with E-state index in [1.807, 2.05) is 0 Å². The summed E-state index contributed by atoms with van der Waals surface area (Å²) in [4.78, 5) is 29.3. The molecule has 18 heavy (non-hydrogen) atoms. The predicted molar refractivity (Wildman–Crippen MR) is 59.4 cm³/mol. The van der Waals surface area contributed by atoms with Crippen LogP contribution in [0.5, 0.6) is 0 Å². The third kappa shape index (κ3) is 2.12. The Kier molecular flexibility index (Phi) is 3.05. The van der Waals surface area contributed by atoms with E-state index < -0.39 is 37.5 Å². The number of nitrogens with zero attached hydrogens (tertiary/aromatic N) is 4. The maximum atomic E-state index is 10.9. The fraction of sp³-hybridized carbons (Fsp3) is 0.500. The molecule has 0 aliphatic carbocycles. The summed E-state index contributed by atoms with van der Waals surface area (Å²) in [5.41, 5.74) is -2.87. The standard InChI is InChI=1S/C8H10N4O6/c1-8(2,3)9-4-5(10(13)14)6(11(15)16)7(9)12(17)18/h4H,1-3H3. The second kappa shape index (κ2) is 4.05. The van der Waals surface area contributed by atoms with Crippen LogP contribution in [0.25, 0.3) is 0 Å². The Morgan fingerprint density at radius 3 is 1.78 bits per heavy atom.